The van der Waals surface area contributed by atoms with E-state index in [1.807, 2.05) is 36.2 Å². The summed E-state index contributed by atoms with van der Waals surface area (Å²) in [6, 6.07) is 13.1. The van der Waals surface area contributed by atoms with Crippen LogP contribution in [0.4, 0.5) is 28.8 Å². The normalized spacial score (nSPS) is 18.0. The second kappa shape index (κ2) is 9.87. The van der Waals surface area contributed by atoms with Crippen LogP contribution in [0.5, 0.6) is 0 Å². The molecule has 3 aromatic rings. The molecule has 1 aromatic heterocycles. The Morgan fingerprint density at radius 3 is 2.63 bits per heavy atom. The molecule has 11 heteroatoms. The summed E-state index contributed by atoms with van der Waals surface area (Å²) in [5.74, 6) is 0.643. The molecule has 1 saturated heterocycles. The van der Waals surface area contributed by atoms with Gasteiger partial charge in [-0.2, -0.15) is 4.98 Å². The zero-order valence-corrected chi connectivity index (χ0v) is 20.6. The molecule has 1 fully saturated rings. The molecule has 0 spiro atoms. The molecule has 3 N–H and O–H groups in total. The van der Waals surface area contributed by atoms with Crippen LogP contribution in [0.15, 0.2) is 48.7 Å². The molecule has 5 rings (SSSR count). The van der Waals surface area contributed by atoms with E-state index >= 15 is 0 Å². The summed E-state index contributed by atoms with van der Waals surface area (Å²) in [4.78, 5) is 27.8. The van der Waals surface area contributed by atoms with Crippen LogP contribution < -0.4 is 25.3 Å². The van der Waals surface area contributed by atoms with E-state index in [1.165, 1.54) is 11.1 Å². The number of fused-ring (bicyclic) bond motifs is 1. The van der Waals surface area contributed by atoms with Gasteiger partial charge in [-0.25, -0.2) is 4.98 Å². The van der Waals surface area contributed by atoms with E-state index in [1.54, 1.807) is 18.2 Å². The summed E-state index contributed by atoms with van der Waals surface area (Å²) < 4.78 is 0. The van der Waals surface area contributed by atoms with Gasteiger partial charge in [0.2, 0.25) is 5.95 Å². The van der Waals surface area contributed by atoms with Crippen molar-refractivity contribution in [3.05, 3.63) is 64.3 Å². The smallest absolute Gasteiger partial charge is 0.265 e. The maximum absolute atomic E-state index is 13.2. The first-order valence-corrected chi connectivity index (χ1v) is 12.0. The van der Waals surface area contributed by atoms with Gasteiger partial charge in [0.25, 0.3) is 5.91 Å². The summed E-state index contributed by atoms with van der Waals surface area (Å²) in [6.07, 6.45) is 1.52. The van der Waals surface area contributed by atoms with E-state index in [0.29, 0.717) is 33.1 Å². The van der Waals surface area contributed by atoms with Crippen LogP contribution in [0, 0.1) is 0 Å². The average Bonchev–Trinajstić information content (AvgIpc) is 2.87. The van der Waals surface area contributed by atoms with Crippen molar-refractivity contribution in [2.75, 3.05) is 60.0 Å². The summed E-state index contributed by atoms with van der Waals surface area (Å²) >= 11 is 12.7. The minimum Gasteiger partial charge on any atom is -0.394 e. The van der Waals surface area contributed by atoms with Crippen molar-refractivity contribution >= 4 is 57.9 Å². The van der Waals surface area contributed by atoms with Crippen molar-refractivity contribution in [2.45, 2.75) is 6.04 Å². The number of para-hydroxylation sites is 1. The van der Waals surface area contributed by atoms with E-state index < -0.39 is 0 Å². The Balaban J connectivity index is 1.35. The quantitative estimate of drug-likeness (QED) is 0.477. The molecule has 1 atom stereocenters. The van der Waals surface area contributed by atoms with Gasteiger partial charge in [-0.05, 0) is 36.4 Å². The molecule has 0 unspecified atom stereocenters. The Bertz CT molecular complexity index is 1220. The predicted octanol–water partition coefficient (Wildman–Crippen LogP) is 3.35. The van der Waals surface area contributed by atoms with Crippen LogP contribution >= 0.6 is 23.2 Å². The number of nitrogens with zero attached hydrogens (tertiary/aromatic N) is 5. The number of rotatable bonds is 5. The van der Waals surface area contributed by atoms with E-state index in [-0.39, 0.29) is 25.2 Å². The maximum atomic E-state index is 13.2. The monoisotopic (exact) mass is 513 g/mol. The van der Waals surface area contributed by atoms with Crippen LogP contribution in [-0.4, -0.2) is 67.0 Å². The molecule has 0 radical (unpaired) electrons. The Labute approximate surface area is 213 Å². The topological polar surface area (TPSA) is 96.9 Å². The molecule has 9 nitrogen and oxygen atoms in total. The highest BCUT2D eigenvalue weighted by molar-refractivity contribution is 6.40. The molecule has 3 heterocycles. The van der Waals surface area contributed by atoms with Gasteiger partial charge in [0, 0.05) is 44.3 Å². The lowest BCUT2D eigenvalue weighted by Crippen LogP contribution is -2.53. The van der Waals surface area contributed by atoms with Crippen LogP contribution in [0.3, 0.4) is 0 Å². The van der Waals surface area contributed by atoms with Gasteiger partial charge in [0.1, 0.15) is 11.4 Å². The van der Waals surface area contributed by atoms with E-state index in [9.17, 15) is 9.90 Å². The number of carbonyl (C=O) groups excluding carboxylic acids is 1. The molecular formula is C24H25Cl2N7O2. The largest absolute Gasteiger partial charge is 0.394 e. The number of piperazine rings is 1. The van der Waals surface area contributed by atoms with Gasteiger partial charge in [0.15, 0.2) is 0 Å². The van der Waals surface area contributed by atoms with Gasteiger partial charge >= 0.3 is 0 Å². The zero-order chi connectivity index (χ0) is 24.5. The molecule has 2 aromatic carbocycles. The number of hydrogen-bond donors (Lipinski definition) is 3. The molecule has 0 aliphatic carbocycles. The first kappa shape index (κ1) is 23.6. The lowest BCUT2D eigenvalue weighted by atomic mass is 10.1. The Morgan fingerprint density at radius 2 is 1.91 bits per heavy atom. The van der Waals surface area contributed by atoms with Gasteiger partial charge in [0.05, 0.1) is 35.1 Å². The number of amides is 1. The van der Waals surface area contributed by atoms with E-state index in [4.69, 9.17) is 23.2 Å². The lowest BCUT2D eigenvalue weighted by Gasteiger charge is -2.37. The number of benzene rings is 2. The van der Waals surface area contributed by atoms with Crippen molar-refractivity contribution in [3.63, 3.8) is 0 Å². The first-order valence-electron chi connectivity index (χ1n) is 11.3. The molecule has 0 bridgehead atoms. The van der Waals surface area contributed by atoms with Crippen LogP contribution in [-0.2, 0) is 0 Å². The average molecular weight is 514 g/mol. The predicted molar refractivity (Wildman–Crippen MR) is 139 cm³/mol. The van der Waals surface area contributed by atoms with Crippen molar-refractivity contribution < 1.29 is 9.90 Å². The molecule has 2 aliphatic rings. The van der Waals surface area contributed by atoms with Gasteiger partial charge in [-0.1, -0.05) is 29.3 Å². The molecule has 2 aliphatic heterocycles. The SMILES string of the molecule is CN1CN(c2c(Cl)cccc2Cl)C(=O)c2cnc(Nc3ccc(N4CCNC[C@H]4CO)cc3)nc21. The highest BCUT2D eigenvalue weighted by Gasteiger charge is 2.32. The number of nitrogens with one attached hydrogen (secondary N) is 2. The molecule has 0 saturated carbocycles. The summed E-state index contributed by atoms with van der Waals surface area (Å²) in [5, 5.41) is 17.0. The number of aliphatic hydroxyl groups is 1. The number of aromatic nitrogens is 2. The highest BCUT2D eigenvalue weighted by Crippen LogP contribution is 2.37. The lowest BCUT2D eigenvalue weighted by molar-refractivity contribution is 0.0982. The van der Waals surface area contributed by atoms with Crippen LogP contribution in [0.2, 0.25) is 10.0 Å². The zero-order valence-electron chi connectivity index (χ0n) is 19.1. The fourth-order valence-electron chi connectivity index (χ4n) is 4.41. The third-order valence-electron chi connectivity index (χ3n) is 6.18. The third-order valence-corrected chi connectivity index (χ3v) is 6.79. The fraction of sp³-hybridized carbons (Fsp3) is 0.292. The number of aliphatic hydroxyl groups excluding tert-OH is 1. The van der Waals surface area contributed by atoms with Crippen molar-refractivity contribution in [1.82, 2.24) is 15.3 Å². The summed E-state index contributed by atoms with van der Waals surface area (Å²) in [6.45, 7) is 2.82. The summed E-state index contributed by atoms with van der Waals surface area (Å²) in [7, 11) is 1.85. The van der Waals surface area contributed by atoms with Gasteiger partial charge < -0.3 is 25.5 Å². The second-order valence-corrected chi connectivity index (χ2v) is 9.29. The second-order valence-electron chi connectivity index (χ2n) is 8.48. The van der Waals surface area contributed by atoms with Crippen molar-refractivity contribution in [2.24, 2.45) is 0 Å². The Kier molecular flexibility index (Phi) is 6.66. The van der Waals surface area contributed by atoms with Crippen LogP contribution in [0.1, 0.15) is 10.4 Å². The molecular weight excluding hydrogens is 489 g/mol. The Hall–Kier alpha value is -3.11. The fourth-order valence-corrected chi connectivity index (χ4v) is 5.01. The van der Waals surface area contributed by atoms with Crippen molar-refractivity contribution in [1.29, 1.82) is 0 Å². The standard InChI is InChI=1S/C24H25Cl2N7O2/c1-31-14-33(21-19(25)3-2-4-20(21)26)23(35)18-12-28-24(30-22(18)31)29-15-5-7-16(8-6-15)32-10-9-27-11-17(32)13-34/h2-8,12,17,27,34H,9-11,13-14H2,1H3,(H,28,29,30)/t17-/m0/s1. The minimum absolute atomic E-state index is 0.0554. The van der Waals surface area contributed by atoms with Gasteiger partial charge in [-0.15, -0.1) is 0 Å². The number of halogens is 2. The number of anilines is 5. The first-order chi connectivity index (χ1) is 17.0. The van der Waals surface area contributed by atoms with Gasteiger partial charge in [-0.3, -0.25) is 9.69 Å². The number of hydrogen-bond acceptors (Lipinski definition) is 8. The Morgan fingerprint density at radius 1 is 1.17 bits per heavy atom. The third kappa shape index (κ3) is 4.60. The van der Waals surface area contributed by atoms with E-state index in [0.717, 1.165) is 31.0 Å². The maximum Gasteiger partial charge on any atom is 0.265 e. The van der Waals surface area contributed by atoms with Crippen molar-refractivity contribution in [3.8, 4) is 0 Å². The van der Waals surface area contributed by atoms with Crippen LogP contribution in [0.25, 0.3) is 0 Å². The summed E-state index contributed by atoms with van der Waals surface area (Å²) in [5.41, 5.74) is 2.70. The minimum atomic E-state index is -0.265. The van der Waals surface area contributed by atoms with E-state index in [2.05, 4.69) is 25.5 Å². The molecule has 1 amide bonds. The highest BCUT2D eigenvalue weighted by atomic mass is 35.5. The molecule has 35 heavy (non-hydrogen) atoms. The molecule has 182 valence electrons. The number of carbonyl (C=O) groups is 1.